The van der Waals surface area contributed by atoms with Crippen LogP contribution in [0.2, 0.25) is 0 Å². The van der Waals surface area contributed by atoms with Crippen LogP contribution in [-0.4, -0.2) is 6.03 Å². The van der Waals surface area contributed by atoms with Crippen LogP contribution in [0.3, 0.4) is 0 Å². The monoisotopic (exact) mass is 358 g/mol. The third-order valence-corrected chi connectivity index (χ3v) is 3.05. The molecule has 3 nitrogen and oxygen atoms in total. The van der Waals surface area contributed by atoms with E-state index in [9.17, 15) is 18.0 Å². The van der Waals surface area contributed by atoms with E-state index >= 15 is 0 Å². The second-order valence-corrected chi connectivity index (χ2v) is 5.08. The average molecular weight is 359 g/mol. The minimum Gasteiger partial charge on any atom is -0.308 e. The van der Waals surface area contributed by atoms with Crippen LogP contribution in [0.4, 0.5) is 29.3 Å². The Balaban J connectivity index is 2.00. The topological polar surface area (TPSA) is 41.1 Å². The number of hydrogen-bond acceptors (Lipinski definition) is 1. The number of alkyl halides is 3. The number of halogens is 4. The number of nitrogens with one attached hydrogen (secondary N) is 2. The van der Waals surface area contributed by atoms with Crippen LogP contribution in [0.5, 0.6) is 0 Å². The summed E-state index contributed by atoms with van der Waals surface area (Å²) < 4.78 is 38.0. The van der Waals surface area contributed by atoms with E-state index in [1.807, 2.05) is 0 Å². The molecule has 0 heterocycles. The Morgan fingerprint density at radius 1 is 0.952 bits per heavy atom. The molecule has 0 fully saturated rings. The van der Waals surface area contributed by atoms with Gasteiger partial charge >= 0.3 is 12.2 Å². The van der Waals surface area contributed by atoms with Gasteiger partial charge in [-0.15, -0.1) is 0 Å². The lowest BCUT2D eigenvalue weighted by atomic mass is 10.2. The van der Waals surface area contributed by atoms with Crippen LogP contribution >= 0.6 is 15.9 Å². The average Bonchev–Trinajstić information content (AvgIpc) is 2.38. The largest absolute Gasteiger partial charge is 0.416 e. The van der Waals surface area contributed by atoms with E-state index < -0.39 is 17.8 Å². The first kappa shape index (κ1) is 15.4. The van der Waals surface area contributed by atoms with Gasteiger partial charge in [0.15, 0.2) is 0 Å². The van der Waals surface area contributed by atoms with Gasteiger partial charge in [-0.1, -0.05) is 22.0 Å². The van der Waals surface area contributed by atoms with E-state index in [-0.39, 0.29) is 5.69 Å². The summed E-state index contributed by atoms with van der Waals surface area (Å²) in [5.74, 6) is 0. The first-order valence-corrected chi connectivity index (χ1v) is 6.65. The van der Waals surface area contributed by atoms with Crippen LogP contribution in [-0.2, 0) is 6.18 Å². The summed E-state index contributed by atoms with van der Waals surface area (Å²) in [6.45, 7) is 0. The van der Waals surface area contributed by atoms with Gasteiger partial charge in [-0.2, -0.15) is 13.2 Å². The van der Waals surface area contributed by atoms with E-state index in [0.29, 0.717) is 5.69 Å². The molecule has 0 saturated heterocycles. The molecular weight excluding hydrogens is 349 g/mol. The molecular formula is C14H10BrF3N2O. The second-order valence-electron chi connectivity index (χ2n) is 4.16. The summed E-state index contributed by atoms with van der Waals surface area (Å²) in [5, 5.41) is 5.03. The number of anilines is 2. The third-order valence-electron chi connectivity index (χ3n) is 2.55. The molecule has 0 radical (unpaired) electrons. The Labute approximate surface area is 127 Å². The van der Waals surface area contributed by atoms with Crippen LogP contribution in [0.15, 0.2) is 53.0 Å². The predicted molar refractivity (Wildman–Crippen MR) is 78.2 cm³/mol. The van der Waals surface area contributed by atoms with Crippen molar-refractivity contribution in [3.8, 4) is 0 Å². The molecule has 2 N–H and O–H groups in total. The minimum absolute atomic E-state index is 0.274. The van der Waals surface area contributed by atoms with Crippen molar-refractivity contribution in [3.63, 3.8) is 0 Å². The molecule has 0 spiro atoms. The van der Waals surface area contributed by atoms with Crippen LogP contribution in [0.25, 0.3) is 0 Å². The second kappa shape index (κ2) is 6.17. The molecule has 2 amide bonds. The Morgan fingerprint density at radius 2 is 1.57 bits per heavy atom. The zero-order chi connectivity index (χ0) is 15.5. The fourth-order valence-electron chi connectivity index (χ4n) is 1.60. The summed E-state index contributed by atoms with van der Waals surface area (Å²) >= 11 is 3.27. The standard InChI is InChI=1S/C14H10BrF3N2O/c15-10-2-1-3-12(8-10)20-13(21)19-11-6-4-9(5-7-11)14(16,17)18/h1-8H,(H2,19,20,21). The summed E-state index contributed by atoms with van der Waals surface area (Å²) in [5.41, 5.74) is 0.0738. The number of carbonyl (C=O) groups excluding carboxylic acids is 1. The number of rotatable bonds is 2. The maximum Gasteiger partial charge on any atom is 0.416 e. The van der Waals surface area contributed by atoms with E-state index in [4.69, 9.17) is 0 Å². The Kier molecular flexibility index (Phi) is 4.52. The lowest BCUT2D eigenvalue weighted by Gasteiger charge is -2.10. The van der Waals surface area contributed by atoms with E-state index in [0.717, 1.165) is 16.6 Å². The first-order chi connectivity index (χ1) is 9.84. The molecule has 2 rings (SSSR count). The molecule has 0 bridgehead atoms. The van der Waals surface area contributed by atoms with Crippen molar-refractivity contribution in [3.05, 3.63) is 58.6 Å². The predicted octanol–water partition coefficient (Wildman–Crippen LogP) is 5.11. The van der Waals surface area contributed by atoms with Crippen LogP contribution < -0.4 is 10.6 Å². The summed E-state index contributed by atoms with van der Waals surface area (Å²) in [6.07, 6.45) is -4.39. The van der Waals surface area contributed by atoms with Gasteiger partial charge in [0.05, 0.1) is 5.56 Å². The molecule has 2 aromatic rings. The molecule has 7 heteroatoms. The Hall–Kier alpha value is -2.02. The van der Waals surface area contributed by atoms with Crippen LogP contribution in [0.1, 0.15) is 5.56 Å². The summed E-state index contributed by atoms with van der Waals surface area (Å²) in [6, 6.07) is 10.6. The van der Waals surface area contributed by atoms with Gasteiger partial charge < -0.3 is 10.6 Å². The molecule has 0 aliphatic heterocycles. The van der Waals surface area contributed by atoms with Gasteiger partial charge in [0, 0.05) is 15.8 Å². The highest BCUT2D eigenvalue weighted by Gasteiger charge is 2.29. The van der Waals surface area contributed by atoms with Crippen molar-refractivity contribution in [2.45, 2.75) is 6.18 Å². The van der Waals surface area contributed by atoms with Crippen molar-refractivity contribution < 1.29 is 18.0 Å². The molecule has 21 heavy (non-hydrogen) atoms. The molecule has 0 unspecified atom stereocenters. The number of amides is 2. The van der Waals surface area contributed by atoms with E-state index in [1.54, 1.807) is 24.3 Å². The Morgan fingerprint density at radius 3 is 2.14 bits per heavy atom. The fourth-order valence-corrected chi connectivity index (χ4v) is 2.00. The lowest BCUT2D eigenvalue weighted by Crippen LogP contribution is -2.19. The zero-order valence-electron chi connectivity index (χ0n) is 10.5. The molecule has 0 aliphatic rings. The number of benzene rings is 2. The van der Waals surface area contributed by atoms with Crippen molar-refractivity contribution in [2.24, 2.45) is 0 Å². The van der Waals surface area contributed by atoms with Gasteiger partial charge in [-0.05, 0) is 42.5 Å². The molecule has 0 atom stereocenters. The van der Waals surface area contributed by atoms with Crippen molar-refractivity contribution in [1.29, 1.82) is 0 Å². The third kappa shape index (κ3) is 4.49. The van der Waals surface area contributed by atoms with E-state index in [1.165, 1.54) is 12.1 Å². The molecule has 2 aromatic carbocycles. The molecule has 0 aromatic heterocycles. The minimum atomic E-state index is -4.39. The van der Waals surface area contributed by atoms with E-state index in [2.05, 4.69) is 26.6 Å². The van der Waals surface area contributed by atoms with Crippen molar-refractivity contribution in [1.82, 2.24) is 0 Å². The highest BCUT2D eigenvalue weighted by Crippen LogP contribution is 2.29. The Bertz CT molecular complexity index is 641. The number of carbonyl (C=O) groups is 1. The normalized spacial score (nSPS) is 11.0. The van der Waals surface area contributed by atoms with Gasteiger partial charge in [-0.3, -0.25) is 0 Å². The van der Waals surface area contributed by atoms with Gasteiger partial charge in [0.1, 0.15) is 0 Å². The van der Waals surface area contributed by atoms with Crippen molar-refractivity contribution in [2.75, 3.05) is 10.6 Å². The van der Waals surface area contributed by atoms with Gasteiger partial charge in [0.2, 0.25) is 0 Å². The molecule has 0 aliphatic carbocycles. The summed E-state index contributed by atoms with van der Waals surface area (Å²) in [7, 11) is 0. The maximum absolute atomic E-state index is 12.4. The quantitative estimate of drug-likeness (QED) is 0.769. The highest BCUT2D eigenvalue weighted by molar-refractivity contribution is 9.10. The smallest absolute Gasteiger partial charge is 0.308 e. The number of urea groups is 1. The van der Waals surface area contributed by atoms with Crippen molar-refractivity contribution >= 4 is 33.3 Å². The maximum atomic E-state index is 12.4. The van der Waals surface area contributed by atoms with Crippen LogP contribution in [0, 0.1) is 0 Å². The van der Waals surface area contributed by atoms with Gasteiger partial charge in [0.25, 0.3) is 0 Å². The first-order valence-electron chi connectivity index (χ1n) is 5.85. The summed E-state index contributed by atoms with van der Waals surface area (Å²) in [4.78, 5) is 11.7. The molecule has 0 saturated carbocycles. The zero-order valence-corrected chi connectivity index (χ0v) is 12.1. The lowest BCUT2D eigenvalue weighted by molar-refractivity contribution is -0.137. The van der Waals surface area contributed by atoms with Gasteiger partial charge in [-0.25, -0.2) is 4.79 Å². The fraction of sp³-hybridized carbons (Fsp3) is 0.0714. The highest BCUT2D eigenvalue weighted by atomic mass is 79.9. The number of hydrogen-bond donors (Lipinski definition) is 2. The molecule has 110 valence electrons. The SMILES string of the molecule is O=C(Nc1ccc(C(F)(F)F)cc1)Nc1cccc(Br)c1.